The van der Waals surface area contributed by atoms with Gasteiger partial charge in [-0.1, -0.05) is 0 Å². The van der Waals surface area contributed by atoms with Gasteiger partial charge in [-0.05, 0) is 35.9 Å². The van der Waals surface area contributed by atoms with E-state index in [1.807, 2.05) is 18.2 Å². The molecule has 0 saturated carbocycles. The number of hydrogen-bond acceptors (Lipinski definition) is 6. The number of methoxy groups -OCH3 is 3. The van der Waals surface area contributed by atoms with Crippen molar-refractivity contribution in [3.63, 3.8) is 0 Å². The van der Waals surface area contributed by atoms with E-state index in [4.69, 9.17) is 14.2 Å². The Morgan fingerprint density at radius 3 is 2.55 bits per heavy atom. The first-order valence-corrected chi connectivity index (χ1v) is 9.14. The highest BCUT2D eigenvalue weighted by molar-refractivity contribution is 6.14. The largest absolute Gasteiger partial charge is 0.493 e. The lowest BCUT2D eigenvalue weighted by Crippen LogP contribution is -2.04. The number of benzene rings is 1. The Balaban J connectivity index is 1.57. The zero-order chi connectivity index (χ0) is 20.4. The summed E-state index contributed by atoms with van der Waals surface area (Å²) >= 11 is 0. The molecule has 1 aromatic carbocycles. The summed E-state index contributed by atoms with van der Waals surface area (Å²) in [7, 11) is 4.65. The summed E-state index contributed by atoms with van der Waals surface area (Å²) in [6.07, 6.45) is 3.68. The van der Waals surface area contributed by atoms with Crippen molar-refractivity contribution in [1.82, 2.24) is 9.97 Å². The van der Waals surface area contributed by atoms with Gasteiger partial charge in [-0.25, -0.2) is 0 Å². The molecule has 0 atom stereocenters. The number of aromatic nitrogens is 2. The molecular weight excluding hydrogens is 370 g/mol. The molecule has 0 bridgehead atoms. The van der Waals surface area contributed by atoms with E-state index in [9.17, 15) is 4.79 Å². The van der Waals surface area contributed by atoms with Crippen LogP contribution in [0.2, 0.25) is 0 Å². The van der Waals surface area contributed by atoms with Gasteiger partial charge >= 0.3 is 0 Å². The van der Waals surface area contributed by atoms with Crippen LogP contribution in [0.25, 0.3) is 0 Å². The molecule has 1 aliphatic heterocycles. The molecule has 1 aliphatic rings. The molecule has 0 radical (unpaired) electrons. The number of aliphatic imine (C=N–C) groups is 1. The molecule has 0 aliphatic carbocycles. The molecule has 7 heteroatoms. The number of aromatic amines is 1. The molecular formula is C22H21N3O4. The van der Waals surface area contributed by atoms with Crippen LogP contribution in [0.15, 0.2) is 47.7 Å². The highest BCUT2D eigenvalue weighted by atomic mass is 16.5. The van der Waals surface area contributed by atoms with E-state index in [-0.39, 0.29) is 12.2 Å². The highest BCUT2D eigenvalue weighted by Gasteiger charge is 2.21. The molecule has 7 nitrogen and oxygen atoms in total. The fourth-order valence-corrected chi connectivity index (χ4v) is 3.47. The minimum Gasteiger partial charge on any atom is -0.493 e. The lowest BCUT2D eigenvalue weighted by molar-refractivity contribution is 0.0993. The van der Waals surface area contributed by atoms with E-state index >= 15 is 0 Å². The summed E-state index contributed by atoms with van der Waals surface area (Å²) in [5, 5.41) is 0. The maximum absolute atomic E-state index is 12.9. The Morgan fingerprint density at radius 2 is 1.86 bits per heavy atom. The third-order valence-corrected chi connectivity index (χ3v) is 4.88. The summed E-state index contributed by atoms with van der Waals surface area (Å²) in [5.41, 5.74) is 4.96. The van der Waals surface area contributed by atoms with E-state index in [0.717, 1.165) is 28.2 Å². The fourth-order valence-electron chi connectivity index (χ4n) is 3.47. The normalized spacial score (nSPS) is 12.3. The first-order valence-electron chi connectivity index (χ1n) is 9.14. The second kappa shape index (κ2) is 7.79. The predicted molar refractivity (Wildman–Crippen MR) is 109 cm³/mol. The number of H-pyrrole nitrogens is 1. The number of hydrogen-bond donors (Lipinski definition) is 1. The first kappa shape index (κ1) is 18.7. The van der Waals surface area contributed by atoms with Crippen LogP contribution in [-0.4, -0.2) is 42.8 Å². The van der Waals surface area contributed by atoms with Crippen molar-refractivity contribution >= 4 is 11.5 Å². The Kier molecular flexibility index (Phi) is 5.03. The van der Waals surface area contributed by atoms with Crippen LogP contribution in [0, 0.1) is 0 Å². The Morgan fingerprint density at radius 1 is 1.10 bits per heavy atom. The van der Waals surface area contributed by atoms with Crippen molar-refractivity contribution in [3.8, 4) is 17.2 Å². The molecule has 0 fully saturated rings. The number of rotatable bonds is 7. The smallest absolute Gasteiger partial charge is 0.203 e. The van der Waals surface area contributed by atoms with E-state index in [0.29, 0.717) is 29.4 Å². The third-order valence-electron chi connectivity index (χ3n) is 4.88. The van der Waals surface area contributed by atoms with Crippen molar-refractivity contribution in [2.45, 2.75) is 13.0 Å². The lowest BCUT2D eigenvalue weighted by Gasteiger charge is -2.13. The average Bonchev–Trinajstić information content (AvgIpc) is 3.40. The summed E-state index contributed by atoms with van der Waals surface area (Å²) in [5.74, 6) is 1.52. The molecule has 0 spiro atoms. The average molecular weight is 391 g/mol. The van der Waals surface area contributed by atoms with Crippen LogP contribution in [-0.2, 0) is 13.0 Å². The van der Waals surface area contributed by atoms with Gasteiger partial charge in [0.1, 0.15) is 0 Å². The Bertz CT molecular complexity index is 1080. The minimum atomic E-state index is -0.0215. The lowest BCUT2D eigenvalue weighted by atomic mass is 10.0. The molecule has 3 aromatic rings. The van der Waals surface area contributed by atoms with Crippen molar-refractivity contribution < 1.29 is 19.0 Å². The molecule has 0 unspecified atom stereocenters. The van der Waals surface area contributed by atoms with Gasteiger partial charge in [0, 0.05) is 29.9 Å². The van der Waals surface area contributed by atoms with Crippen molar-refractivity contribution in [3.05, 3.63) is 70.8 Å². The number of carbonyl (C=O) groups is 1. The molecule has 2 aromatic heterocycles. The van der Waals surface area contributed by atoms with Gasteiger partial charge in [0.05, 0.1) is 45.0 Å². The Labute approximate surface area is 168 Å². The summed E-state index contributed by atoms with van der Waals surface area (Å²) in [4.78, 5) is 24.9. The predicted octanol–water partition coefficient (Wildman–Crippen LogP) is 3.21. The van der Waals surface area contributed by atoms with Gasteiger partial charge in [-0.15, -0.1) is 0 Å². The minimum absolute atomic E-state index is 0.0215. The van der Waals surface area contributed by atoms with Crippen LogP contribution in [0.1, 0.15) is 32.9 Å². The highest BCUT2D eigenvalue weighted by Crippen LogP contribution is 2.38. The summed E-state index contributed by atoms with van der Waals surface area (Å²) < 4.78 is 16.1. The van der Waals surface area contributed by atoms with E-state index < -0.39 is 0 Å². The standard InChI is InChI=1S/C22H21N3O4/c1-27-19-8-13(9-20(28-2)22(19)29-3)7-18(26)14-10-16(24-11-14)21-15-5-4-6-23-17(15)12-25-21/h4-6,8-11,24H,7,12H2,1-3H3. The SMILES string of the molecule is COc1cc(CC(=O)c2c[nH]c(C3=NCc4ncccc43)c2)cc(OC)c1OC. The third kappa shape index (κ3) is 3.47. The summed E-state index contributed by atoms with van der Waals surface area (Å²) in [6.45, 7) is 0.555. The molecule has 29 heavy (non-hydrogen) atoms. The van der Waals surface area contributed by atoms with E-state index in [1.165, 1.54) is 0 Å². The monoisotopic (exact) mass is 391 g/mol. The number of nitrogens with zero attached hydrogens (tertiary/aromatic N) is 2. The molecule has 1 N–H and O–H groups in total. The number of pyridine rings is 1. The topological polar surface area (TPSA) is 85.8 Å². The first-order chi connectivity index (χ1) is 14.1. The molecule has 0 saturated heterocycles. The molecule has 0 amide bonds. The van der Waals surface area contributed by atoms with Crippen molar-refractivity contribution in [2.24, 2.45) is 4.99 Å². The van der Waals surface area contributed by atoms with Gasteiger partial charge < -0.3 is 19.2 Å². The van der Waals surface area contributed by atoms with Crippen molar-refractivity contribution in [1.29, 1.82) is 0 Å². The van der Waals surface area contributed by atoms with Gasteiger partial charge in [0.25, 0.3) is 0 Å². The van der Waals surface area contributed by atoms with Gasteiger partial charge in [-0.2, -0.15) is 0 Å². The molecule has 4 rings (SSSR count). The van der Waals surface area contributed by atoms with Crippen LogP contribution < -0.4 is 14.2 Å². The van der Waals surface area contributed by atoms with E-state index in [2.05, 4.69) is 15.0 Å². The van der Waals surface area contributed by atoms with Crippen LogP contribution in [0.3, 0.4) is 0 Å². The maximum Gasteiger partial charge on any atom is 0.203 e. The van der Waals surface area contributed by atoms with Crippen LogP contribution in [0.5, 0.6) is 17.2 Å². The number of nitrogens with one attached hydrogen (secondary N) is 1. The zero-order valence-corrected chi connectivity index (χ0v) is 16.5. The number of fused-ring (bicyclic) bond motifs is 1. The summed E-state index contributed by atoms with van der Waals surface area (Å²) in [6, 6.07) is 9.29. The number of carbonyl (C=O) groups excluding carboxylic acids is 1. The second-order valence-corrected chi connectivity index (χ2v) is 6.60. The van der Waals surface area contributed by atoms with Gasteiger partial charge in [0.15, 0.2) is 17.3 Å². The number of ketones is 1. The van der Waals surface area contributed by atoms with Gasteiger partial charge in [0.2, 0.25) is 5.75 Å². The fraction of sp³-hybridized carbons (Fsp3) is 0.227. The van der Waals surface area contributed by atoms with Gasteiger partial charge in [-0.3, -0.25) is 14.8 Å². The maximum atomic E-state index is 12.9. The Hall–Kier alpha value is -3.61. The molecule has 3 heterocycles. The number of Topliss-reactive ketones (excluding diaryl/α,β-unsaturated/α-hetero) is 1. The van der Waals surface area contributed by atoms with E-state index in [1.54, 1.807) is 45.9 Å². The second-order valence-electron chi connectivity index (χ2n) is 6.60. The number of ether oxygens (including phenoxy) is 3. The van der Waals surface area contributed by atoms with Crippen LogP contribution >= 0.6 is 0 Å². The quantitative estimate of drug-likeness (QED) is 0.625. The molecule has 148 valence electrons. The zero-order valence-electron chi connectivity index (χ0n) is 16.5. The van der Waals surface area contributed by atoms with Crippen LogP contribution in [0.4, 0.5) is 0 Å². The van der Waals surface area contributed by atoms with Crippen molar-refractivity contribution in [2.75, 3.05) is 21.3 Å².